The number of hydrogen-bond donors (Lipinski definition) is 0. The van der Waals surface area contributed by atoms with Crippen LogP contribution in [0.25, 0.3) is 0 Å². The van der Waals surface area contributed by atoms with E-state index in [1.54, 1.807) is 22.0 Å². The van der Waals surface area contributed by atoms with Gasteiger partial charge in [-0.25, -0.2) is 9.97 Å². The first-order valence-electron chi connectivity index (χ1n) is 11.1. The lowest BCUT2D eigenvalue weighted by Gasteiger charge is -2.25. The standard InChI is InChI=1S/C24H26N6O2/c1-17-19-15-21(31)30(14-10-18-7-3-2-4-8-18)24(19)27-23(26-17)20-9-5-13-29(20)22(32)16-28-12-6-11-25-28/h2-4,6-8,11-12,20H,5,9-10,13-16H2,1H3/t20-/m1/s1. The lowest BCUT2D eigenvalue weighted by molar-refractivity contribution is -0.133. The fraction of sp³-hybridized carbons (Fsp3) is 0.375. The molecule has 32 heavy (non-hydrogen) atoms. The second kappa shape index (κ2) is 8.53. The molecule has 2 aromatic heterocycles. The molecule has 1 atom stereocenters. The van der Waals surface area contributed by atoms with Crippen LogP contribution in [0.2, 0.25) is 0 Å². The van der Waals surface area contributed by atoms with Gasteiger partial charge >= 0.3 is 0 Å². The van der Waals surface area contributed by atoms with Crippen LogP contribution in [0.3, 0.4) is 0 Å². The highest BCUT2D eigenvalue weighted by Crippen LogP contribution is 2.35. The maximum Gasteiger partial charge on any atom is 0.244 e. The number of hydrogen-bond acceptors (Lipinski definition) is 5. The van der Waals surface area contributed by atoms with Crippen LogP contribution in [-0.4, -0.2) is 49.6 Å². The van der Waals surface area contributed by atoms with E-state index in [0.717, 1.165) is 30.5 Å². The first kappa shape index (κ1) is 20.4. The number of aryl methyl sites for hydroxylation is 1. The predicted octanol–water partition coefficient (Wildman–Crippen LogP) is 2.48. The fourth-order valence-corrected chi connectivity index (χ4v) is 4.62. The third-order valence-electron chi connectivity index (χ3n) is 6.29. The van der Waals surface area contributed by atoms with Crippen LogP contribution in [0, 0.1) is 6.92 Å². The minimum absolute atomic E-state index is 0.00922. The molecule has 0 saturated carbocycles. The predicted molar refractivity (Wildman–Crippen MR) is 119 cm³/mol. The second-order valence-corrected chi connectivity index (χ2v) is 8.38. The Hall–Kier alpha value is -3.55. The van der Waals surface area contributed by atoms with Crippen molar-refractivity contribution < 1.29 is 9.59 Å². The van der Waals surface area contributed by atoms with E-state index >= 15 is 0 Å². The highest BCUT2D eigenvalue weighted by Gasteiger charge is 2.36. The van der Waals surface area contributed by atoms with Crippen molar-refractivity contribution in [2.45, 2.75) is 45.2 Å². The number of anilines is 1. The molecule has 5 rings (SSSR count). The summed E-state index contributed by atoms with van der Waals surface area (Å²) in [6.45, 7) is 3.40. The van der Waals surface area contributed by atoms with Gasteiger partial charge in [-0.05, 0) is 37.8 Å². The maximum atomic E-state index is 12.9. The van der Waals surface area contributed by atoms with Crippen molar-refractivity contribution in [1.29, 1.82) is 0 Å². The Morgan fingerprint density at radius 2 is 2.00 bits per heavy atom. The molecule has 0 spiro atoms. The summed E-state index contributed by atoms with van der Waals surface area (Å²) in [4.78, 5) is 38.9. The number of rotatable bonds is 6. The number of nitrogens with zero attached hydrogens (tertiary/aromatic N) is 6. The van der Waals surface area contributed by atoms with E-state index in [1.165, 1.54) is 5.56 Å². The average molecular weight is 431 g/mol. The van der Waals surface area contributed by atoms with Crippen LogP contribution < -0.4 is 4.90 Å². The molecular formula is C24H26N6O2. The fourth-order valence-electron chi connectivity index (χ4n) is 4.62. The van der Waals surface area contributed by atoms with Gasteiger partial charge in [0.2, 0.25) is 11.8 Å². The van der Waals surface area contributed by atoms with E-state index in [1.807, 2.05) is 36.1 Å². The van der Waals surface area contributed by atoms with Crippen molar-refractivity contribution in [3.63, 3.8) is 0 Å². The van der Waals surface area contributed by atoms with Gasteiger partial charge in [0.05, 0.1) is 12.5 Å². The summed E-state index contributed by atoms with van der Waals surface area (Å²) in [5.74, 6) is 1.41. The highest BCUT2D eigenvalue weighted by molar-refractivity contribution is 6.00. The van der Waals surface area contributed by atoms with Gasteiger partial charge in [-0.2, -0.15) is 5.10 Å². The summed E-state index contributed by atoms with van der Waals surface area (Å²) >= 11 is 0. The van der Waals surface area contributed by atoms with E-state index in [0.29, 0.717) is 31.2 Å². The van der Waals surface area contributed by atoms with E-state index in [-0.39, 0.29) is 24.4 Å². The molecule has 2 aliphatic heterocycles. The molecule has 0 radical (unpaired) electrons. The van der Waals surface area contributed by atoms with E-state index in [9.17, 15) is 9.59 Å². The largest absolute Gasteiger partial charge is 0.331 e. The molecule has 3 aromatic rings. The summed E-state index contributed by atoms with van der Waals surface area (Å²) in [7, 11) is 0. The van der Waals surface area contributed by atoms with Crippen LogP contribution in [-0.2, 0) is 29.0 Å². The third-order valence-corrected chi connectivity index (χ3v) is 6.29. The Morgan fingerprint density at radius 3 is 2.78 bits per heavy atom. The molecule has 8 heteroatoms. The number of fused-ring (bicyclic) bond motifs is 1. The molecule has 164 valence electrons. The lowest BCUT2D eigenvalue weighted by Crippen LogP contribution is -2.35. The smallest absolute Gasteiger partial charge is 0.244 e. The molecule has 2 amide bonds. The molecule has 1 aromatic carbocycles. The molecule has 0 bridgehead atoms. The van der Waals surface area contributed by atoms with Gasteiger partial charge in [-0.3, -0.25) is 19.2 Å². The molecule has 2 aliphatic rings. The van der Waals surface area contributed by atoms with E-state index in [4.69, 9.17) is 9.97 Å². The summed E-state index contributed by atoms with van der Waals surface area (Å²) in [5, 5.41) is 4.14. The lowest BCUT2D eigenvalue weighted by atomic mass is 10.1. The molecule has 4 heterocycles. The topological polar surface area (TPSA) is 84.2 Å². The van der Waals surface area contributed by atoms with Crippen molar-refractivity contribution in [3.8, 4) is 0 Å². The van der Waals surface area contributed by atoms with Gasteiger partial charge in [0, 0.05) is 36.7 Å². The zero-order valence-corrected chi connectivity index (χ0v) is 18.1. The Bertz CT molecular complexity index is 1130. The number of carbonyl (C=O) groups is 2. The Balaban J connectivity index is 1.38. The number of likely N-dealkylation sites (tertiary alicyclic amines) is 1. The van der Waals surface area contributed by atoms with Gasteiger partial charge in [0.1, 0.15) is 12.4 Å². The molecular weight excluding hydrogens is 404 g/mol. The van der Waals surface area contributed by atoms with Crippen molar-refractivity contribution in [3.05, 3.63) is 71.4 Å². The molecule has 0 unspecified atom stereocenters. The minimum atomic E-state index is -0.172. The Labute approximate surface area is 186 Å². The van der Waals surface area contributed by atoms with Crippen LogP contribution in [0.15, 0.2) is 48.8 Å². The second-order valence-electron chi connectivity index (χ2n) is 8.38. The van der Waals surface area contributed by atoms with E-state index < -0.39 is 0 Å². The van der Waals surface area contributed by atoms with Crippen LogP contribution in [0.5, 0.6) is 0 Å². The van der Waals surface area contributed by atoms with Gasteiger partial charge in [-0.15, -0.1) is 0 Å². The molecule has 1 saturated heterocycles. The van der Waals surface area contributed by atoms with Gasteiger partial charge in [-0.1, -0.05) is 30.3 Å². The summed E-state index contributed by atoms with van der Waals surface area (Å²) in [6.07, 6.45) is 6.29. The number of amides is 2. The van der Waals surface area contributed by atoms with Crippen LogP contribution in [0.1, 0.15) is 41.5 Å². The number of benzene rings is 1. The highest BCUT2D eigenvalue weighted by atomic mass is 16.2. The summed E-state index contributed by atoms with van der Waals surface area (Å²) in [6, 6.07) is 11.8. The minimum Gasteiger partial charge on any atom is -0.331 e. The molecule has 1 fully saturated rings. The monoisotopic (exact) mass is 430 g/mol. The van der Waals surface area contributed by atoms with Gasteiger partial charge < -0.3 is 4.90 Å². The molecule has 8 nitrogen and oxygen atoms in total. The van der Waals surface area contributed by atoms with Crippen molar-refractivity contribution in [2.75, 3.05) is 18.0 Å². The summed E-state index contributed by atoms with van der Waals surface area (Å²) in [5.41, 5.74) is 2.91. The van der Waals surface area contributed by atoms with Gasteiger partial charge in [0.25, 0.3) is 0 Å². The maximum absolute atomic E-state index is 12.9. The molecule has 0 N–H and O–H groups in total. The molecule has 0 aliphatic carbocycles. The third kappa shape index (κ3) is 3.88. The van der Waals surface area contributed by atoms with Crippen molar-refractivity contribution in [2.24, 2.45) is 0 Å². The number of aromatic nitrogens is 4. The zero-order valence-electron chi connectivity index (χ0n) is 18.1. The Kier molecular flexibility index (Phi) is 5.43. The van der Waals surface area contributed by atoms with Gasteiger partial charge in [0.15, 0.2) is 5.82 Å². The summed E-state index contributed by atoms with van der Waals surface area (Å²) < 4.78 is 1.64. The Morgan fingerprint density at radius 1 is 1.16 bits per heavy atom. The van der Waals surface area contributed by atoms with Crippen LogP contribution >= 0.6 is 0 Å². The average Bonchev–Trinajstić information content (AvgIpc) is 3.53. The quantitative estimate of drug-likeness (QED) is 0.600. The zero-order chi connectivity index (χ0) is 22.1. The van der Waals surface area contributed by atoms with Crippen LogP contribution in [0.4, 0.5) is 5.82 Å². The first-order chi connectivity index (χ1) is 15.6. The van der Waals surface area contributed by atoms with Crippen molar-refractivity contribution in [1.82, 2.24) is 24.6 Å². The normalized spacial score (nSPS) is 17.8. The SMILES string of the molecule is Cc1nc([C@H]2CCCN2C(=O)Cn2cccn2)nc2c1CC(=O)N2CCc1ccccc1. The van der Waals surface area contributed by atoms with E-state index in [2.05, 4.69) is 17.2 Å². The first-order valence-corrected chi connectivity index (χ1v) is 11.1. The number of carbonyl (C=O) groups excluding carboxylic acids is 2. The van der Waals surface area contributed by atoms with Crippen molar-refractivity contribution >= 4 is 17.6 Å².